The average Bonchev–Trinajstić information content (AvgIpc) is 2.65. The number of carbonyl (C=O) groups excluding carboxylic acids is 2. The Labute approximate surface area is 168 Å². The number of benzene rings is 3. The molecule has 0 aliphatic heterocycles. The zero-order chi connectivity index (χ0) is 20.2. The number of phenolic OH excluding ortho intramolecular Hbond substituents is 3. The number of ether oxygens (including phenoxy) is 1. The van der Waals surface area contributed by atoms with Crippen LogP contribution in [-0.2, 0) is 0 Å². The third-order valence-electron chi connectivity index (χ3n) is 4.31. The maximum absolute atomic E-state index is 12.9. The fourth-order valence-electron chi connectivity index (χ4n) is 3.00. The molecule has 0 atom stereocenters. The molecule has 0 heterocycles. The van der Waals surface area contributed by atoms with Crippen LogP contribution in [0.2, 0.25) is 10.0 Å². The van der Waals surface area contributed by atoms with Crippen LogP contribution < -0.4 is 4.74 Å². The van der Waals surface area contributed by atoms with Gasteiger partial charge in [-0.1, -0.05) is 23.2 Å². The van der Waals surface area contributed by atoms with Gasteiger partial charge in [-0.3, -0.25) is 9.59 Å². The minimum atomic E-state index is -0.702. The Hall–Kier alpha value is -3.22. The van der Waals surface area contributed by atoms with Crippen LogP contribution in [0, 0.1) is 0 Å². The van der Waals surface area contributed by atoms with Crippen molar-refractivity contribution < 1.29 is 29.6 Å². The molecule has 3 aromatic rings. The van der Waals surface area contributed by atoms with Gasteiger partial charge in [0, 0.05) is 17.2 Å². The van der Waals surface area contributed by atoms with E-state index in [-0.39, 0.29) is 49.5 Å². The smallest absolute Gasteiger partial charge is 0.198 e. The van der Waals surface area contributed by atoms with Crippen molar-refractivity contribution in [2.75, 3.05) is 0 Å². The van der Waals surface area contributed by atoms with Crippen molar-refractivity contribution in [1.82, 2.24) is 0 Å². The summed E-state index contributed by atoms with van der Waals surface area (Å²) in [6.07, 6.45) is 0. The molecule has 6 nitrogen and oxygen atoms in total. The van der Waals surface area contributed by atoms with Crippen LogP contribution in [0.1, 0.15) is 31.8 Å². The van der Waals surface area contributed by atoms with Crippen molar-refractivity contribution in [2.45, 2.75) is 0 Å². The van der Waals surface area contributed by atoms with Crippen molar-refractivity contribution in [3.05, 3.63) is 74.8 Å². The van der Waals surface area contributed by atoms with Crippen LogP contribution in [0.15, 0.2) is 42.5 Å². The number of hydrogen-bond donors (Lipinski definition) is 3. The molecule has 1 aliphatic carbocycles. The minimum absolute atomic E-state index is 0.0118. The highest BCUT2D eigenvalue weighted by atomic mass is 35.5. The molecule has 0 bridgehead atoms. The van der Waals surface area contributed by atoms with Gasteiger partial charge in [-0.05, 0) is 36.4 Å². The Morgan fingerprint density at radius 1 is 0.750 bits per heavy atom. The first kappa shape index (κ1) is 18.2. The van der Waals surface area contributed by atoms with Crippen LogP contribution in [0.4, 0.5) is 0 Å². The molecular formula is C20H10Cl2O6. The maximum Gasteiger partial charge on any atom is 0.198 e. The molecule has 0 spiro atoms. The lowest BCUT2D eigenvalue weighted by Crippen LogP contribution is -2.21. The third-order valence-corrected chi connectivity index (χ3v) is 5.03. The van der Waals surface area contributed by atoms with Crippen molar-refractivity contribution in [2.24, 2.45) is 0 Å². The molecular weight excluding hydrogens is 407 g/mol. The number of halogens is 2. The average molecular weight is 417 g/mol. The van der Waals surface area contributed by atoms with Gasteiger partial charge >= 0.3 is 0 Å². The van der Waals surface area contributed by atoms with E-state index in [9.17, 15) is 24.9 Å². The minimum Gasteiger partial charge on any atom is -0.508 e. The highest BCUT2D eigenvalue weighted by Gasteiger charge is 2.37. The maximum atomic E-state index is 12.9. The van der Waals surface area contributed by atoms with Gasteiger partial charge in [0.15, 0.2) is 23.1 Å². The van der Waals surface area contributed by atoms with E-state index in [0.717, 1.165) is 6.07 Å². The first-order valence-corrected chi connectivity index (χ1v) is 8.67. The molecule has 0 radical (unpaired) electrons. The quantitative estimate of drug-likeness (QED) is 0.410. The molecule has 1 aliphatic rings. The van der Waals surface area contributed by atoms with Crippen LogP contribution >= 0.6 is 23.2 Å². The van der Waals surface area contributed by atoms with E-state index in [1.807, 2.05) is 0 Å². The Balaban J connectivity index is 1.88. The summed E-state index contributed by atoms with van der Waals surface area (Å²) in [6.45, 7) is 0. The zero-order valence-corrected chi connectivity index (χ0v) is 15.4. The summed E-state index contributed by atoms with van der Waals surface area (Å²) in [4.78, 5) is 25.7. The van der Waals surface area contributed by atoms with E-state index < -0.39 is 23.1 Å². The van der Waals surface area contributed by atoms with E-state index in [2.05, 4.69) is 0 Å². The standard InChI is InChI=1S/C20H10Cl2O6/c21-12-5-10-11(6-13(12)22)19(26)17-16(18(10)25)14(24)7-15(20(17)27)28-9-3-1-8(23)2-4-9/h1-7,23-24,27H. The highest BCUT2D eigenvalue weighted by Crippen LogP contribution is 2.45. The molecule has 3 N–H and O–H groups in total. The Bertz CT molecular complexity index is 1170. The zero-order valence-electron chi connectivity index (χ0n) is 13.9. The van der Waals surface area contributed by atoms with Gasteiger partial charge in [-0.15, -0.1) is 0 Å². The molecule has 0 fully saturated rings. The van der Waals surface area contributed by atoms with Crippen LogP contribution in [-0.4, -0.2) is 26.9 Å². The Kier molecular flexibility index (Phi) is 4.18. The highest BCUT2D eigenvalue weighted by molar-refractivity contribution is 6.43. The summed E-state index contributed by atoms with van der Waals surface area (Å²) < 4.78 is 5.49. The SMILES string of the molecule is O=C1c2cc(Cl)c(Cl)cc2C(=O)c2c(O)c(Oc3ccc(O)cc3)cc(O)c21. The Morgan fingerprint density at radius 2 is 1.29 bits per heavy atom. The van der Waals surface area contributed by atoms with Crippen LogP contribution in [0.5, 0.6) is 28.7 Å². The number of hydrogen-bond acceptors (Lipinski definition) is 6. The fourth-order valence-corrected chi connectivity index (χ4v) is 3.32. The molecule has 0 saturated carbocycles. The molecule has 0 unspecified atom stereocenters. The number of carbonyl (C=O) groups is 2. The molecule has 4 rings (SSSR count). The predicted octanol–water partition coefficient (Wildman–Crippen LogP) is 4.68. The molecule has 3 aromatic carbocycles. The largest absolute Gasteiger partial charge is 0.508 e. The summed E-state index contributed by atoms with van der Waals surface area (Å²) >= 11 is 11.9. The predicted molar refractivity (Wildman–Crippen MR) is 101 cm³/mol. The molecule has 140 valence electrons. The first-order valence-electron chi connectivity index (χ1n) is 7.92. The molecule has 8 heteroatoms. The topological polar surface area (TPSA) is 104 Å². The van der Waals surface area contributed by atoms with Crippen molar-refractivity contribution in [3.63, 3.8) is 0 Å². The summed E-state index contributed by atoms with van der Waals surface area (Å²) in [5, 5.41) is 30.4. The monoisotopic (exact) mass is 416 g/mol. The van der Waals surface area contributed by atoms with Crippen molar-refractivity contribution in [3.8, 4) is 28.7 Å². The van der Waals surface area contributed by atoms with Gasteiger partial charge in [0.25, 0.3) is 0 Å². The van der Waals surface area contributed by atoms with Crippen LogP contribution in [0.25, 0.3) is 0 Å². The van der Waals surface area contributed by atoms with Gasteiger partial charge in [0.05, 0.1) is 21.2 Å². The number of fused-ring (bicyclic) bond motifs is 2. The molecule has 28 heavy (non-hydrogen) atoms. The number of ketones is 2. The van der Waals surface area contributed by atoms with Gasteiger partial charge in [-0.2, -0.15) is 0 Å². The van der Waals surface area contributed by atoms with Gasteiger partial charge < -0.3 is 20.1 Å². The summed E-state index contributed by atoms with van der Waals surface area (Å²) in [5.74, 6) is -2.49. The lowest BCUT2D eigenvalue weighted by molar-refractivity contribution is 0.0973. The first-order chi connectivity index (χ1) is 13.3. The normalized spacial score (nSPS) is 12.5. The second-order valence-corrected chi connectivity index (χ2v) is 6.87. The van der Waals surface area contributed by atoms with Gasteiger partial charge in [0.1, 0.15) is 17.2 Å². The number of phenols is 3. The van der Waals surface area contributed by atoms with Crippen molar-refractivity contribution >= 4 is 34.8 Å². The van der Waals surface area contributed by atoms with Gasteiger partial charge in [-0.25, -0.2) is 0 Å². The van der Waals surface area contributed by atoms with E-state index in [1.165, 1.54) is 36.4 Å². The molecule has 0 aromatic heterocycles. The van der Waals surface area contributed by atoms with E-state index in [0.29, 0.717) is 0 Å². The molecule has 0 saturated heterocycles. The van der Waals surface area contributed by atoms with E-state index >= 15 is 0 Å². The second-order valence-electron chi connectivity index (χ2n) is 6.06. The Morgan fingerprint density at radius 3 is 1.86 bits per heavy atom. The van der Waals surface area contributed by atoms with Crippen LogP contribution in [0.3, 0.4) is 0 Å². The second kappa shape index (κ2) is 6.44. The summed E-state index contributed by atoms with van der Waals surface area (Å²) in [6, 6.07) is 9.11. The summed E-state index contributed by atoms with van der Waals surface area (Å²) in [5.41, 5.74) is -0.784. The molecule has 0 amide bonds. The van der Waals surface area contributed by atoms with Crippen molar-refractivity contribution in [1.29, 1.82) is 0 Å². The lowest BCUT2D eigenvalue weighted by atomic mass is 9.83. The van der Waals surface area contributed by atoms with E-state index in [1.54, 1.807) is 0 Å². The van der Waals surface area contributed by atoms with E-state index in [4.69, 9.17) is 27.9 Å². The number of aromatic hydroxyl groups is 3. The summed E-state index contributed by atoms with van der Waals surface area (Å²) in [7, 11) is 0. The fraction of sp³-hybridized carbons (Fsp3) is 0. The number of rotatable bonds is 2. The lowest BCUT2D eigenvalue weighted by Gasteiger charge is -2.21. The van der Waals surface area contributed by atoms with Gasteiger partial charge in [0.2, 0.25) is 0 Å². The third kappa shape index (κ3) is 2.74.